The van der Waals surface area contributed by atoms with Crippen molar-refractivity contribution < 1.29 is 30.7 Å². The van der Waals surface area contributed by atoms with E-state index in [0.717, 1.165) is 30.0 Å². The molecule has 0 fully saturated rings. The lowest BCUT2D eigenvalue weighted by Crippen LogP contribution is -2.20. The Kier molecular flexibility index (Phi) is 5.08. The molecule has 0 saturated heterocycles. The molecule has 11 heteroatoms. The number of carbonyl (C=O) groups excluding carboxylic acids is 1. The fourth-order valence-corrected chi connectivity index (χ4v) is 3.35. The largest absolute Gasteiger partial charge is 0.294 e. The summed E-state index contributed by atoms with van der Waals surface area (Å²) in [6.45, 7) is 1.98. The van der Waals surface area contributed by atoms with E-state index in [0.29, 0.717) is 18.2 Å². The van der Waals surface area contributed by atoms with Gasteiger partial charge in [0.1, 0.15) is 0 Å². The van der Waals surface area contributed by atoms with E-state index >= 15 is 0 Å². The van der Waals surface area contributed by atoms with Crippen molar-refractivity contribution in [2.24, 2.45) is 5.10 Å². The molecule has 0 aromatic heterocycles. The molecule has 0 spiro atoms. The molecule has 0 saturated carbocycles. The first-order chi connectivity index (χ1) is 11.0. The molecule has 0 unspecified atom stereocenters. The van der Waals surface area contributed by atoms with Crippen molar-refractivity contribution in [2.45, 2.75) is 42.4 Å². The highest BCUT2D eigenvalue weighted by atomic mass is 32.2. The highest BCUT2D eigenvalue weighted by Crippen LogP contribution is 2.28. The van der Waals surface area contributed by atoms with Crippen LogP contribution in [0.4, 0.5) is 5.69 Å². The first kappa shape index (κ1) is 18.5. The second-order valence-electron chi connectivity index (χ2n) is 5.26. The van der Waals surface area contributed by atoms with E-state index in [1.54, 1.807) is 0 Å². The quantitative estimate of drug-likeness (QED) is 0.716. The van der Waals surface area contributed by atoms with Crippen LogP contribution >= 0.6 is 0 Å². The summed E-state index contributed by atoms with van der Waals surface area (Å²) in [6.07, 6.45) is 2.35. The second-order valence-corrected chi connectivity index (χ2v) is 8.11. The van der Waals surface area contributed by atoms with Gasteiger partial charge in [0.15, 0.2) is 0 Å². The van der Waals surface area contributed by atoms with Crippen molar-refractivity contribution in [3.8, 4) is 0 Å². The predicted octanol–water partition coefficient (Wildman–Crippen LogP) is 1.46. The number of hydrazone groups is 1. The van der Waals surface area contributed by atoms with Gasteiger partial charge < -0.3 is 0 Å². The first-order valence-electron chi connectivity index (χ1n) is 7.01. The molecule has 0 bridgehead atoms. The summed E-state index contributed by atoms with van der Waals surface area (Å²) < 4.78 is 63.5. The zero-order valence-corrected chi connectivity index (χ0v) is 14.3. The Morgan fingerprint density at radius 2 is 1.62 bits per heavy atom. The van der Waals surface area contributed by atoms with Gasteiger partial charge in [-0.25, -0.2) is 5.01 Å². The van der Waals surface area contributed by atoms with Gasteiger partial charge in [0.05, 0.1) is 21.9 Å². The molecule has 1 aromatic carbocycles. The summed E-state index contributed by atoms with van der Waals surface area (Å²) in [5, 5.41) is 4.94. The molecule has 2 rings (SSSR count). The van der Waals surface area contributed by atoms with Gasteiger partial charge in [-0.05, 0) is 31.0 Å². The van der Waals surface area contributed by atoms with Crippen LogP contribution in [0.2, 0.25) is 0 Å². The number of unbranched alkanes of at least 4 members (excludes halogenated alkanes) is 1. The minimum Gasteiger partial charge on any atom is -0.282 e. The van der Waals surface area contributed by atoms with Crippen LogP contribution in [0.3, 0.4) is 0 Å². The predicted molar refractivity (Wildman–Crippen MR) is 85.1 cm³/mol. The molecule has 132 valence electrons. The third kappa shape index (κ3) is 4.17. The average molecular weight is 376 g/mol. The number of anilines is 1. The maximum Gasteiger partial charge on any atom is 0.294 e. The highest BCUT2D eigenvalue weighted by molar-refractivity contribution is 7.86. The van der Waals surface area contributed by atoms with Crippen molar-refractivity contribution in [2.75, 3.05) is 5.01 Å². The Morgan fingerprint density at radius 3 is 2.08 bits per heavy atom. The standard InChI is InChI=1S/C13H16N2O7S2/c1-2-3-4-9-5-13(16)15(14-9)10-6-11(23(17,18)19)8-12(7-10)24(20,21)22/h6-8H,2-5H2,1H3,(H,17,18,19)(H,20,21,22). The molecule has 0 aliphatic carbocycles. The number of hydrogen-bond acceptors (Lipinski definition) is 6. The normalized spacial score (nSPS) is 15.7. The summed E-state index contributed by atoms with van der Waals surface area (Å²) in [6, 6.07) is 2.42. The van der Waals surface area contributed by atoms with Gasteiger partial charge in [-0.3, -0.25) is 13.9 Å². The minimum atomic E-state index is -4.74. The number of nitrogens with zero attached hydrogens (tertiary/aromatic N) is 2. The van der Waals surface area contributed by atoms with E-state index < -0.39 is 35.9 Å². The van der Waals surface area contributed by atoms with Crippen LogP contribution < -0.4 is 5.01 Å². The highest BCUT2D eigenvalue weighted by Gasteiger charge is 2.28. The maximum absolute atomic E-state index is 12.1. The lowest BCUT2D eigenvalue weighted by atomic mass is 10.1. The molecule has 0 atom stereocenters. The van der Waals surface area contributed by atoms with Gasteiger partial charge in [0.25, 0.3) is 26.1 Å². The van der Waals surface area contributed by atoms with E-state index in [-0.39, 0.29) is 12.1 Å². The van der Waals surface area contributed by atoms with Crippen LogP contribution in [0.1, 0.15) is 32.6 Å². The Labute approximate surface area is 139 Å². The molecule has 9 nitrogen and oxygen atoms in total. The molecule has 1 amide bonds. The monoisotopic (exact) mass is 376 g/mol. The van der Waals surface area contributed by atoms with E-state index in [2.05, 4.69) is 5.10 Å². The molecule has 1 aromatic rings. The summed E-state index contributed by atoms with van der Waals surface area (Å²) in [5.41, 5.74) is 0.418. The molecular formula is C13H16N2O7S2. The van der Waals surface area contributed by atoms with Gasteiger partial charge in [-0.1, -0.05) is 13.3 Å². The fraction of sp³-hybridized carbons (Fsp3) is 0.385. The van der Waals surface area contributed by atoms with Gasteiger partial charge >= 0.3 is 0 Å². The number of hydrogen-bond donors (Lipinski definition) is 2. The number of rotatable bonds is 6. The van der Waals surface area contributed by atoms with Crippen molar-refractivity contribution >= 4 is 37.5 Å². The summed E-state index contributed by atoms with van der Waals surface area (Å²) >= 11 is 0. The van der Waals surface area contributed by atoms with E-state index in [1.165, 1.54) is 0 Å². The molecule has 2 N–H and O–H groups in total. The molecule has 24 heavy (non-hydrogen) atoms. The van der Waals surface area contributed by atoms with Gasteiger partial charge in [-0.2, -0.15) is 21.9 Å². The van der Waals surface area contributed by atoms with E-state index in [4.69, 9.17) is 9.11 Å². The van der Waals surface area contributed by atoms with Crippen LogP contribution in [-0.2, 0) is 25.0 Å². The van der Waals surface area contributed by atoms with Gasteiger partial charge in [0, 0.05) is 5.71 Å². The number of amides is 1. The second kappa shape index (κ2) is 6.59. The number of carbonyl (C=O) groups is 1. The molecule has 1 aliphatic heterocycles. The van der Waals surface area contributed by atoms with Crippen molar-refractivity contribution in [3.05, 3.63) is 18.2 Å². The zero-order valence-electron chi connectivity index (χ0n) is 12.7. The molecule has 0 radical (unpaired) electrons. The zero-order chi connectivity index (χ0) is 18.1. The van der Waals surface area contributed by atoms with E-state index in [1.807, 2.05) is 6.92 Å². The lowest BCUT2D eigenvalue weighted by Gasteiger charge is -2.13. The van der Waals surface area contributed by atoms with Crippen LogP contribution in [-0.4, -0.2) is 37.6 Å². The summed E-state index contributed by atoms with van der Waals surface area (Å²) in [4.78, 5) is 10.5. The average Bonchev–Trinajstić information content (AvgIpc) is 2.84. The fourth-order valence-electron chi connectivity index (χ4n) is 2.18. The van der Waals surface area contributed by atoms with Crippen LogP contribution in [0.15, 0.2) is 33.1 Å². The Balaban J connectivity index is 2.54. The van der Waals surface area contributed by atoms with Crippen LogP contribution in [0, 0.1) is 0 Å². The number of benzene rings is 1. The summed E-state index contributed by atoms with van der Waals surface area (Å²) in [7, 11) is -9.49. The minimum absolute atomic E-state index is 0.0390. The molecule has 1 heterocycles. The smallest absolute Gasteiger partial charge is 0.282 e. The topological polar surface area (TPSA) is 141 Å². The van der Waals surface area contributed by atoms with Crippen LogP contribution in [0.25, 0.3) is 0 Å². The van der Waals surface area contributed by atoms with E-state index in [9.17, 15) is 21.6 Å². The van der Waals surface area contributed by atoms with Gasteiger partial charge in [0.2, 0.25) is 0 Å². The van der Waals surface area contributed by atoms with Crippen molar-refractivity contribution in [1.82, 2.24) is 0 Å². The Hall–Kier alpha value is -1.82. The molecule has 1 aliphatic rings. The first-order valence-corrected chi connectivity index (χ1v) is 9.89. The maximum atomic E-state index is 12.1. The Morgan fingerprint density at radius 1 is 1.08 bits per heavy atom. The van der Waals surface area contributed by atoms with Crippen molar-refractivity contribution in [3.63, 3.8) is 0 Å². The SMILES string of the molecule is CCCCC1=NN(c2cc(S(=O)(=O)O)cc(S(=O)(=O)O)c2)C(=O)C1. The third-order valence-electron chi connectivity index (χ3n) is 3.36. The lowest BCUT2D eigenvalue weighted by molar-refractivity contribution is -0.116. The molecular weight excluding hydrogens is 360 g/mol. The Bertz CT molecular complexity index is 854. The third-order valence-corrected chi connectivity index (χ3v) is 5.02. The summed E-state index contributed by atoms with van der Waals surface area (Å²) in [5.74, 6) is -0.463. The van der Waals surface area contributed by atoms with Crippen LogP contribution in [0.5, 0.6) is 0 Å². The van der Waals surface area contributed by atoms with Crippen molar-refractivity contribution in [1.29, 1.82) is 0 Å². The van der Waals surface area contributed by atoms with Gasteiger partial charge in [-0.15, -0.1) is 0 Å².